The van der Waals surface area contributed by atoms with Crippen LogP contribution >= 0.6 is 11.8 Å². The van der Waals surface area contributed by atoms with E-state index < -0.39 is 0 Å². The maximum absolute atomic E-state index is 12.7. The van der Waals surface area contributed by atoms with Crippen LogP contribution in [-0.4, -0.2) is 36.4 Å². The van der Waals surface area contributed by atoms with E-state index in [1.165, 1.54) is 0 Å². The van der Waals surface area contributed by atoms with Gasteiger partial charge in [0.2, 0.25) is 0 Å². The topological polar surface area (TPSA) is 74.6 Å². The van der Waals surface area contributed by atoms with Gasteiger partial charge in [-0.25, -0.2) is 4.79 Å². The number of fused-ring (bicyclic) bond motifs is 1. The first-order valence-electron chi connectivity index (χ1n) is 8.33. The van der Waals surface area contributed by atoms with Gasteiger partial charge in [0.25, 0.3) is 0 Å². The predicted octanol–water partition coefficient (Wildman–Crippen LogP) is 3.61. The number of thioether (sulfide) groups is 1. The van der Waals surface area contributed by atoms with Crippen LogP contribution in [0.2, 0.25) is 0 Å². The number of nitrogens with zero attached hydrogens (tertiary/aromatic N) is 2. The third-order valence-electron chi connectivity index (χ3n) is 4.27. The molecule has 0 bridgehead atoms. The highest BCUT2D eigenvalue weighted by molar-refractivity contribution is 7.99. The van der Waals surface area contributed by atoms with Gasteiger partial charge in [-0.05, 0) is 42.0 Å². The molecule has 6 nitrogen and oxygen atoms in total. The lowest BCUT2D eigenvalue weighted by Crippen LogP contribution is -2.34. The summed E-state index contributed by atoms with van der Waals surface area (Å²) in [5, 5.41) is 11.7. The molecule has 2 aliphatic rings. The fourth-order valence-electron chi connectivity index (χ4n) is 2.99. The molecule has 2 aromatic rings. The van der Waals surface area contributed by atoms with Crippen molar-refractivity contribution in [3.63, 3.8) is 0 Å². The minimum absolute atomic E-state index is 0.0655. The molecule has 1 atom stereocenters. The van der Waals surface area contributed by atoms with Crippen molar-refractivity contribution in [2.75, 3.05) is 30.8 Å². The van der Waals surface area contributed by atoms with Crippen LogP contribution in [-0.2, 0) is 0 Å². The van der Waals surface area contributed by atoms with E-state index in [0.717, 1.165) is 22.8 Å². The average Bonchev–Trinajstić information content (AvgIpc) is 3.18. The molecule has 0 unspecified atom stereocenters. The number of anilines is 1. The molecule has 1 fully saturated rings. The fourth-order valence-corrected chi connectivity index (χ4v) is 4.24. The number of nitriles is 1. The summed E-state index contributed by atoms with van der Waals surface area (Å²) in [5.74, 6) is 2.35. The minimum atomic E-state index is -0.153. The Morgan fingerprint density at radius 3 is 2.69 bits per heavy atom. The number of ether oxygens (including phenoxy) is 2. The fraction of sp³-hybridized carbons (Fsp3) is 0.263. The number of benzene rings is 2. The number of rotatable bonds is 2. The van der Waals surface area contributed by atoms with Crippen LogP contribution in [0.15, 0.2) is 42.5 Å². The molecule has 0 spiro atoms. The zero-order valence-corrected chi connectivity index (χ0v) is 14.8. The van der Waals surface area contributed by atoms with Crippen molar-refractivity contribution in [1.82, 2.24) is 4.90 Å². The lowest BCUT2D eigenvalue weighted by molar-refractivity contribution is 0.171. The van der Waals surface area contributed by atoms with E-state index in [9.17, 15) is 4.79 Å². The van der Waals surface area contributed by atoms with Crippen LogP contribution in [0, 0.1) is 11.3 Å². The molecule has 2 aliphatic heterocycles. The van der Waals surface area contributed by atoms with Gasteiger partial charge in [-0.3, -0.25) is 0 Å². The molecule has 2 aromatic carbocycles. The molecule has 1 N–H and O–H groups in total. The molecule has 4 rings (SSSR count). The summed E-state index contributed by atoms with van der Waals surface area (Å²) in [7, 11) is 0. The monoisotopic (exact) mass is 367 g/mol. The Labute approximate surface area is 155 Å². The molecular weight excluding hydrogens is 350 g/mol. The zero-order chi connectivity index (χ0) is 17.9. The van der Waals surface area contributed by atoms with Gasteiger partial charge >= 0.3 is 6.03 Å². The van der Waals surface area contributed by atoms with Crippen molar-refractivity contribution in [2.24, 2.45) is 0 Å². The number of hydrogen-bond donors (Lipinski definition) is 1. The second kappa shape index (κ2) is 7.18. The van der Waals surface area contributed by atoms with Gasteiger partial charge in [0.05, 0.1) is 11.6 Å². The van der Waals surface area contributed by atoms with Crippen LogP contribution in [0.4, 0.5) is 10.5 Å². The van der Waals surface area contributed by atoms with E-state index in [1.807, 2.05) is 23.1 Å². The standard InChI is InChI=1S/C19H17N3O3S/c20-12-13-1-4-15(5-2-13)21-19(23)22-7-10-26-18(22)14-3-6-16-17(11-14)25-9-8-24-16/h1-6,11,18H,7-10H2,(H,21,23)/t18-/m1/s1. The van der Waals surface area contributed by atoms with Gasteiger partial charge in [-0.2, -0.15) is 5.26 Å². The van der Waals surface area contributed by atoms with E-state index in [-0.39, 0.29) is 11.4 Å². The summed E-state index contributed by atoms with van der Waals surface area (Å²) in [6.45, 7) is 1.77. The summed E-state index contributed by atoms with van der Waals surface area (Å²) < 4.78 is 11.2. The van der Waals surface area contributed by atoms with Crippen LogP contribution in [0.1, 0.15) is 16.5 Å². The maximum Gasteiger partial charge on any atom is 0.323 e. The van der Waals surface area contributed by atoms with E-state index in [1.54, 1.807) is 36.0 Å². The molecule has 26 heavy (non-hydrogen) atoms. The molecule has 0 aromatic heterocycles. The third kappa shape index (κ3) is 3.28. The van der Waals surface area contributed by atoms with Crippen LogP contribution in [0.5, 0.6) is 11.5 Å². The highest BCUT2D eigenvalue weighted by Gasteiger charge is 2.31. The van der Waals surface area contributed by atoms with Crippen molar-refractivity contribution >= 4 is 23.5 Å². The highest BCUT2D eigenvalue weighted by Crippen LogP contribution is 2.41. The molecule has 2 amide bonds. The first-order chi connectivity index (χ1) is 12.7. The van der Waals surface area contributed by atoms with Gasteiger partial charge in [-0.15, -0.1) is 11.8 Å². The van der Waals surface area contributed by atoms with Crippen molar-refractivity contribution in [3.05, 3.63) is 53.6 Å². The smallest absolute Gasteiger partial charge is 0.323 e. The molecule has 7 heteroatoms. The van der Waals surface area contributed by atoms with E-state index in [2.05, 4.69) is 11.4 Å². The highest BCUT2D eigenvalue weighted by atomic mass is 32.2. The molecule has 1 saturated heterocycles. The summed E-state index contributed by atoms with van der Waals surface area (Å²) in [6.07, 6.45) is 0. The molecule has 2 heterocycles. The number of carbonyl (C=O) groups excluding carboxylic acids is 1. The molecular formula is C19H17N3O3S. The Morgan fingerprint density at radius 1 is 1.15 bits per heavy atom. The van der Waals surface area contributed by atoms with Crippen LogP contribution in [0.25, 0.3) is 0 Å². The maximum atomic E-state index is 12.7. The second-order valence-corrected chi connectivity index (χ2v) is 7.13. The van der Waals surface area contributed by atoms with E-state index >= 15 is 0 Å². The van der Waals surface area contributed by atoms with Crippen LogP contribution in [0.3, 0.4) is 0 Å². The van der Waals surface area contributed by atoms with Crippen molar-refractivity contribution < 1.29 is 14.3 Å². The predicted molar refractivity (Wildman–Crippen MR) is 99.5 cm³/mol. The number of carbonyl (C=O) groups is 1. The van der Waals surface area contributed by atoms with E-state index in [0.29, 0.717) is 31.0 Å². The lowest BCUT2D eigenvalue weighted by atomic mass is 10.1. The Bertz CT molecular complexity index is 863. The lowest BCUT2D eigenvalue weighted by Gasteiger charge is -2.26. The number of urea groups is 1. The quantitative estimate of drug-likeness (QED) is 0.878. The van der Waals surface area contributed by atoms with Crippen LogP contribution < -0.4 is 14.8 Å². The number of nitrogens with one attached hydrogen (secondary N) is 1. The Morgan fingerprint density at radius 2 is 1.92 bits per heavy atom. The second-order valence-electron chi connectivity index (χ2n) is 5.94. The summed E-state index contributed by atoms with van der Waals surface area (Å²) in [5.41, 5.74) is 2.26. The summed E-state index contributed by atoms with van der Waals surface area (Å²) in [6, 6.07) is 14.6. The first kappa shape index (κ1) is 16.6. The van der Waals surface area contributed by atoms with Gasteiger partial charge in [-0.1, -0.05) is 6.07 Å². The molecule has 0 saturated carbocycles. The Kier molecular flexibility index (Phi) is 4.59. The SMILES string of the molecule is N#Cc1ccc(NC(=O)N2CCS[C@@H]2c2ccc3c(c2)OCCO3)cc1. The third-order valence-corrected chi connectivity index (χ3v) is 5.53. The van der Waals surface area contributed by atoms with Crippen molar-refractivity contribution in [3.8, 4) is 17.6 Å². The van der Waals surface area contributed by atoms with Crippen molar-refractivity contribution in [2.45, 2.75) is 5.37 Å². The number of amides is 2. The van der Waals surface area contributed by atoms with Gasteiger partial charge in [0, 0.05) is 18.0 Å². The molecule has 0 aliphatic carbocycles. The van der Waals surface area contributed by atoms with Crippen molar-refractivity contribution in [1.29, 1.82) is 5.26 Å². The summed E-state index contributed by atoms with van der Waals surface area (Å²) in [4.78, 5) is 14.5. The molecule has 132 valence electrons. The largest absolute Gasteiger partial charge is 0.486 e. The number of hydrogen-bond acceptors (Lipinski definition) is 5. The Balaban J connectivity index is 1.50. The molecule has 0 radical (unpaired) electrons. The Hall–Kier alpha value is -2.85. The minimum Gasteiger partial charge on any atom is -0.486 e. The van der Waals surface area contributed by atoms with Gasteiger partial charge < -0.3 is 19.7 Å². The van der Waals surface area contributed by atoms with Gasteiger partial charge in [0.15, 0.2) is 11.5 Å². The first-order valence-corrected chi connectivity index (χ1v) is 9.38. The summed E-state index contributed by atoms with van der Waals surface area (Å²) >= 11 is 1.72. The van der Waals surface area contributed by atoms with Gasteiger partial charge in [0.1, 0.15) is 18.6 Å². The average molecular weight is 367 g/mol. The zero-order valence-electron chi connectivity index (χ0n) is 14.0. The normalized spacial score (nSPS) is 18.3. The van der Waals surface area contributed by atoms with E-state index in [4.69, 9.17) is 14.7 Å².